The summed E-state index contributed by atoms with van der Waals surface area (Å²) >= 11 is 6.37. The van der Waals surface area contributed by atoms with Gasteiger partial charge in [0.1, 0.15) is 0 Å². The number of halogens is 1. The van der Waals surface area contributed by atoms with Crippen LogP contribution >= 0.6 is 11.6 Å². The van der Waals surface area contributed by atoms with Crippen LogP contribution in [0.3, 0.4) is 0 Å². The highest BCUT2D eigenvalue weighted by molar-refractivity contribution is 6.31. The molecule has 0 amide bonds. The van der Waals surface area contributed by atoms with E-state index < -0.39 is 0 Å². The number of hydrogen-bond donors (Lipinski definition) is 1. The third-order valence-corrected chi connectivity index (χ3v) is 6.02. The Labute approximate surface area is 171 Å². The third kappa shape index (κ3) is 3.63. The van der Waals surface area contributed by atoms with Crippen LogP contribution in [-0.2, 0) is 5.54 Å². The lowest BCUT2D eigenvalue weighted by molar-refractivity contribution is 0.309. The molecule has 28 heavy (non-hydrogen) atoms. The molecule has 3 aromatic rings. The maximum atomic E-state index is 6.37. The van der Waals surface area contributed by atoms with Crippen LogP contribution in [0, 0.1) is 20.8 Å². The van der Waals surface area contributed by atoms with Crippen molar-refractivity contribution in [3.63, 3.8) is 0 Å². The van der Waals surface area contributed by atoms with Crippen molar-refractivity contribution in [2.45, 2.75) is 58.4 Å². The fourth-order valence-electron chi connectivity index (χ4n) is 4.26. The van der Waals surface area contributed by atoms with Gasteiger partial charge in [-0.05, 0) is 85.0 Å². The minimum atomic E-state index is -0.292. The molecule has 2 aromatic carbocycles. The topological polar surface area (TPSA) is 55.6 Å². The first-order valence-corrected chi connectivity index (χ1v) is 10.3. The molecule has 5 nitrogen and oxygen atoms in total. The molecule has 0 aliphatic heterocycles. The van der Waals surface area contributed by atoms with Crippen LogP contribution in [0.4, 0.5) is 5.69 Å². The van der Waals surface area contributed by atoms with Gasteiger partial charge in [-0.3, -0.25) is 0 Å². The average Bonchev–Trinajstić information content (AvgIpc) is 3.14. The maximum Gasteiger partial charge on any atom is 0.181 e. The minimum absolute atomic E-state index is 0.292. The number of hydrogen-bond acceptors (Lipinski definition) is 4. The van der Waals surface area contributed by atoms with Gasteiger partial charge in [-0.1, -0.05) is 43.0 Å². The van der Waals surface area contributed by atoms with Crippen molar-refractivity contribution in [2.24, 2.45) is 0 Å². The molecule has 0 radical (unpaired) electrons. The Kier molecular flexibility index (Phi) is 5.11. The fraction of sp³-hybridized carbons (Fsp3) is 0.409. The van der Waals surface area contributed by atoms with E-state index in [1.807, 2.05) is 29.8 Å². The fourth-order valence-corrected chi connectivity index (χ4v) is 4.43. The molecule has 0 atom stereocenters. The van der Waals surface area contributed by atoms with Crippen LogP contribution in [0.2, 0.25) is 5.02 Å². The first-order chi connectivity index (χ1) is 13.5. The van der Waals surface area contributed by atoms with E-state index in [9.17, 15) is 0 Å². The molecule has 1 saturated carbocycles. The van der Waals surface area contributed by atoms with Crippen LogP contribution in [0.1, 0.15) is 54.6 Å². The van der Waals surface area contributed by atoms with Crippen LogP contribution in [0.25, 0.3) is 5.69 Å². The number of rotatable bonds is 4. The summed E-state index contributed by atoms with van der Waals surface area (Å²) in [6.07, 6.45) is 5.55. The van der Waals surface area contributed by atoms with Crippen molar-refractivity contribution in [3.05, 3.63) is 63.9 Å². The second kappa shape index (κ2) is 7.55. The second-order valence-corrected chi connectivity index (χ2v) is 8.40. The average molecular weight is 396 g/mol. The quantitative estimate of drug-likeness (QED) is 0.632. The highest BCUT2D eigenvalue weighted by Crippen LogP contribution is 2.40. The zero-order chi connectivity index (χ0) is 19.7. The predicted octanol–water partition coefficient (Wildman–Crippen LogP) is 5.51. The highest BCUT2D eigenvalue weighted by atomic mass is 35.5. The van der Waals surface area contributed by atoms with Crippen molar-refractivity contribution in [2.75, 3.05) is 5.32 Å². The van der Waals surface area contributed by atoms with Crippen LogP contribution in [0.15, 0.2) is 36.4 Å². The standard InChI is InChI=1S/C22H26ClN5/c1-15-11-16(2)13-18(12-15)24-22(9-5-4-6-10-22)21-25-26-27-28(21)19-8-7-17(3)20(23)14-19/h7-8,11-14,24H,4-6,9-10H2,1-3H3. The van der Waals surface area contributed by atoms with Gasteiger partial charge in [0.2, 0.25) is 0 Å². The van der Waals surface area contributed by atoms with Crippen LogP contribution in [0.5, 0.6) is 0 Å². The molecule has 1 aromatic heterocycles. The Morgan fingerprint density at radius 2 is 1.68 bits per heavy atom. The van der Waals surface area contributed by atoms with Crippen molar-refractivity contribution in [1.82, 2.24) is 20.2 Å². The lowest BCUT2D eigenvalue weighted by Crippen LogP contribution is -2.40. The molecule has 0 unspecified atom stereocenters. The van der Waals surface area contributed by atoms with E-state index in [1.54, 1.807) is 0 Å². The Morgan fingerprint density at radius 3 is 2.36 bits per heavy atom. The van der Waals surface area contributed by atoms with E-state index in [2.05, 4.69) is 52.9 Å². The van der Waals surface area contributed by atoms with E-state index in [-0.39, 0.29) is 5.54 Å². The highest BCUT2D eigenvalue weighted by Gasteiger charge is 2.39. The van der Waals surface area contributed by atoms with Gasteiger partial charge in [-0.15, -0.1) is 5.10 Å². The summed E-state index contributed by atoms with van der Waals surface area (Å²) in [5.74, 6) is 0.853. The number of nitrogens with zero attached hydrogens (tertiary/aromatic N) is 4. The molecule has 1 fully saturated rings. The molecule has 4 rings (SSSR count). The third-order valence-electron chi connectivity index (χ3n) is 5.61. The largest absolute Gasteiger partial charge is 0.373 e. The van der Waals surface area contributed by atoms with Gasteiger partial charge in [0, 0.05) is 10.7 Å². The summed E-state index contributed by atoms with van der Waals surface area (Å²) in [4.78, 5) is 0. The molecule has 0 saturated heterocycles. The van der Waals surface area contributed by atoms with Crippen LogP contribution in [-0.4, -0.2) is 20.2 Å². The van der Waals surface area contributed by atoms with Crippen LogP contribution < -0.4 is 5.32 Å². The monoisotopic (exact) mass is 395 g/mol. The van der Waals surface area contributed by atoms with E-state index in [1.165, 1.54) is 17.5 Å². The molecular weight excluding hydrogens is 370 g/mol. The van der Waals surface area contributed by atoms with Gasteiger partial charge >= 0.3 is 0 Å². The molecule has 1 aliphatic carbocycles. The summed E-state index contributed by atoms with van der Waals surface area (Å²) in [5.41, 5.74) is 5.26. The summed E-state index contributed by atoms with van der Waals surface area (Å²) in [5, 5.41) is 17.4. The number of benzene rings is 2. The molecule has 146 valence electrons. The normalized spacial score (nSPS) is 16.1. The summed E-state index contributed by atoms with van der Waals surface area (Å²) in [7, 11) is 0. The number of anilines is 1. The Balaban J connectivity index is 1.78. The summed E-state index contributed by atoms with van der Waals surface area (Å²) < 4.78 is 1.84. The van der Waals surface area contributed by atoms with Crippen molar-refractivity contribution in [3.8, 4) is 5.69 Å². The van der Waals surface area contributed by atoms with E-state index in [0.717, 1.165) is 53.5 Å². The van der Waals surface area contributed by atoms with Crippen molar-refractivity contribution in [1.29, 1.82) is 0 Å². The Bertz CT molecular complexity index is 968. The van der Waals surface area contributed by atoms with E-state index in [4.69, 9.17) is 11.6 Å². The molecule has 6 heteroatoms. The molecule has 1 aliphatic rings. The van der Waals surface area contributed by atoms with Gasteiger partial charge in [0.15, 0.2) is 5.82 Å². The molecule has 1 heterocycles. The van der Waals surface area contributed by atoms with Gasteiger partial charge in [0.25, 0.3) is 0 Å². The Morgan fingerprint density at radius 1 is 0.964 bits per heavy atom. The van der Waals surface area contributed by atoms with Gasteiger partial charge < -0.3 is 5.32 Å². The lowest BCUT2D eigenvalue weighted by Gasteiger charge is -2.38. The van der Waals surface area contributed by atoms with E-state index >= 15 is 0 Å². The number of aryl methyl sites for hydroxylation is 3. The zero-order valence-corrected chi connectivity index (χ0v) is 17.4. The van der Waals surface area contributed by atoms with Gasteiger partial charge in [0.05, 0.1) is 11.2 Å². The van der Waals surface area contributed by atoms with Crippen molar-refractivity contribution >= 4 is 17.3 Å². The van der Waals surface area contributed by atoms with Gasteiger partial charge in [-0.25, -0.2) is 0 Å². The SMILES string of the molecule is Cc1cc(C)cc(NC2(c3nnnn3-c3ccc(C)c(Cl)c3)CCCCC2)c1. The molecular formula is C22H26ClN5. The smallest absolute Gasteiger partial charge is 0.181 e. The molecule has 0 spiro atoms. The molecule has 0 bridgehead atoms. The summed E-state index contributed by atoms with van der Waals surface area (Å²) in [6.45, 7) is 6.25. The first kappa shape index (κ1) is 18.9. The predicted molar refractivity (Wildman–Crippen MR) is 113 cm³/mol. The number of tetrazole rings is 1. The Hall–Kier alpha value is -2.40. The maximum absolute atomic E-state index is 6.37. The molecule has 1 N–H and O–H groups in total. The van der Waals surface area contributed by atoms with E-state index in [0.29, 0.717) is 0 Å². The number of nitrogens with one attached hydrogen (secondary N) is 1. The lowest BCUT2D eigenvalue weighted by atomic mass is 9.80. The second-order valence-electron chi connectivity index (χ2n) is 7.99. The van der Waals surface area contributed by atoms with Gasteiger partial charge in [-0.2, -0.15) is 4.68 Å². The minimum Gasteiger partial charge on any atom is -0.373 e. The summed E-state index contributed by atoms with van der Waals surface area (Å²) in [6, 6.07) is 12.5. The van der Waals surface area contributed by atoms with Crippen molar-refractivity contribution < 1.29 is 0 Å². The first-order valence-electron chi connectivity index (χ1n) is 9.89. The number of aromatic nitrogens is 4. The zero-order valence-electron chi connectivity index (χ0n) is 16.7.